The van der Waals surface area contributed by atoms with Gasteiger partial charge in [0.25, 0.3) is 5.56 Å². The predicted molar refractivity (Wildman–Crippen MR) is 88.4 cm³/mol. The Balaban J connectivity index is 1.68. The van der Waals surface area contributed by atoms with Gasteiger partial charge in [-0.2, -0.15) is 16.4 Å². The molecule has 3 aromatic heterocycles. The molecule has 1 fully saturated rings. The van der Waals surface area contributed by atoms with E-state index in [0.717, 1.165) is 17.6 Å². The molecule has 1 aliphatic carbocycles. The number of fused-ring (bicyclic) bond motifs is 1. The molecule has 0 atom stereocenters. The van der Waals surface area contributed by atoms with Crippen LogP contribution in [0.25, 0.3) is 10.9 Å². The van der Waals surface area contributed by atoms with Crippen LogP contribution in [0, 0.1) is 13.8 Å². The average molecular weight is 330 g/mol. The first-order chi connectivity index (χ1) is 11.1. The summed E-state index contributed by atoms with van der Waals surface area (Å²) in [7, 11) is 0. The summed E-state index contributed by atoms with van der Waals surface area (Å²) < 4.78 is 6.68. The van der Waals surface area contributed by atoms with E-state index < -0.39 is 0 Å². The highest BCUT2D eigenvalue weighted by atomic mass is 32.1. The van der Waals surface area contributed by atoms with E-state index in [2.05, 4.69) is 32.0 Å². The summed E-state index contributed by atoms with van der Waals surface area (Å²) in [4.78, 5) is 14.9. The smallest absolute Gasteiger partial charge is 0.298 e. The van der Waals surface area contributed by atoms with E-state index in [1.165, 1.54) is 23.1 Å². The van der Waals surface area contributed by atoms with Crippen LogP contribution in [-0.2, 0) is 13.2 Å². The lowest BCUT2D eigenvalue weighted by atomic mass is 10.2. The molecule has 0 radical (unpaired) electrons. The molecule has 0 saturated heterocycles. The van der Waals surface area contributed by atoms with Crippen LogP contribution in [0.5, 0.6) is 0 Å². The fourth-order valence-electron chi connectivity index (χ4n) is 2.96. The van der Waals surface area contributed by atoms with E-state index in [1.807, 2.05) is 6.92 Å². The number of thiophene rings is 1. The van der Waals surface area contributed by atoms with E-state index in [4.69, 9.17) is 4.52 Å². The van der Waals surface area contributed by atoms with Crippen molar-refractivity contribution in [3.8, 4) is 0 Å². The van der Waals surface area contributed by atoms with Crippen molar-refractivity contribution in [2.24, 2.45) is 0 Å². The summed E-state index contributed by atoms with van der Waals surface area (Å²) in [6, 6.07) is 2.67. The van der Waals surface area contributed by atoms with E-state index >= 15 is 0 Å². The number of aryl methyl sites for hydroxylation is 2. The zero-order valence-corrected chi connectivity index (χ0v) is 14.0. The summed E-state index contributed by atoms with van der Waals surface area (Å²) >= 11 is 1.70. The maximum absolute atomic E-state index is 12.6. The van der Waals surface area contributed by atoms with Crippen LogP contribution in [0.3, 0.4) is 0 Å². The molecule has 7 heteroatoms. The fraction of sp³-hybridized carbons (Fsp3) is 0.438. The Kier molecular flexibility index (Phi) is 3.54. The van der Waals surface area contributed by atoms with Gasteiger partial charge in [-0.3, -0.25) is 9.69 Å². The Labute approximate surface area is 137 Å². The van der Waals surface area contributed by atoms with Crippen molar-refractivity contribution in [3.63, 3.8) is 0 Å². The summed E-state index contributed by atoms with van der Waals surface area (Å²) in [5, 5.41) is 13.4. The fourth-order valence-corrected chi connectivity index (χ4v) is 3.62. The number of rotatable bonds is 5. The predicted octanol–water partition coefficient (Wildman–Crippen LogP) is 2.68. The van der Waals surface area contributed by atoms with Gasteiger partial charge in [0.15, 0.2) is 5.52 Å². The van der Waals surface area contributed by atoms with Crippen LogP contribution in [-0.4, -0.2) is 25.9 Å². The maximum atomic E-state index is 12.6. The molecule has 3 aromatic rings. The molecule has 0 N–H and O–H groups in total. The minimum atomic E-state index is -0.182. The SMILES string of the molecule is Cc1nn(CN(Cc2ccsc2)C2CC2)c(=O)c2noc(C)c12. The highest BCUT2D eigenvalue weighted by Crippen LogP contribution is 2.29. The quantitative estimate of drug-likeness (QED) is 0.720. The maximum Gasteiger partial charge on any atom is 0.298 e. The summed E-state index contributed by atoms with van der Waals surface area (Å²) in [5.74, 6) is 0.645. The molecule has 0 aliphatic heterocycles. The Bertz CT molecular complexity index is 893. The van der Waals surface area contributed by atoms with Crippen LogP contribution in [0.1, 0.15) is 29.9 Å². The van der Waals surface area contributed by atoms with Crippen molar-refractivity contribution in [1.82, 2.24) is 19.8 Å². The second kappa shape index (κ2) is 5.58. The highest BCUT2D eigenvalue weighted by Gasteiger charge is 2.30. The van der Waals surface area contributed by atoms with E-state index in [0.29, 0.717) is 24.0 Å². The highest BCUT2D eigenvalue weighted by molar-refractivity contribution is 7.07. The summed E-state index contributed by atoms with van der Waals surface area (Å²) in [5.41, 5.74) is 2.26. The van der Waals surface area contributed by atoms with Crippen LogP contribution in [0.4, 0.5) is 0 Å². The minimum Gasteiger partial charge on any atom is -0.360 e. The largest absolute Gasteiger partial charge is 0.360 e. The first-order valence-electron chi connectivity index (χ1n) is 7.72. The van der Waals surface area contributed by atoms with Gasteiger partial charge in [0, 0.05) is 12.6 Å². The second-order valence-electron chi connectivity index (χ2n) is 6.10. The van der Waals surface area contributed by atoms with Gasteiger partial charge in [-0.15, -0.1) is 0 Å². The molecule has 3 heterocycles. The topological polar surface area (TPSA) is 64.2 Å². The average Bonchev–Trinajstić information content (AvgIpc) is 3.11. The van der Waals surface area contributed by atoms with E-state index in [-0.39, 0.29) is 5.56 Å². The second-order valence-corrected chi connectivity index (χ2v) is 6.88. The van der Waals surface area contributed by atoms with Gasteiger partial charge >= 0.3 is 0 Å². The van der Waals surface area contributed by atoms with Crippen molar-refractivity contribution in [1.29, 1.82) is 0 Å². The number of hydrogen-bond acceptors (Lipinski definition) is 6. The minimum absolute atomic E-state index is 0.182. The Morgan fingerprint density at radius 3 is 2.96 bits per heavy atom. The zero-order valence-electron chi connectivity index (χ0n) is 13.2. The Morgan fingerprint density at radius 2 is 2.26 bits per heavy atom. The monoisotopic (exact) mass is 330 g/mol. The molecule has 0 aromatic carbocycles. The molecule has 4 rings (SSSR count). The molecular weight excluding hydrogens is 312 g/mol. The molecule has 23 heavy (non-hydrogen) atoms. The first kappa shape index (κ1) is 14.6. The van der Waals surface area contributed by atoms with Crippen molar-refractivity contribution >= 4 is 22.2 Å². The molecule has 120 valence electrons. The van der Waals surface area contributed by atoms with Crippen molar-refractivity contribution in [3.05, 3.63) is 44.2 Å². The van der Waals surface area contributed by atoms with Gasteiger partial charge in [-0.05, 0) is 49.1 Å². The van der Waals surface area contributed by atoms with Gasteiger partial charge in [-0.1, -0.05) is 5.16 Å². The third-order valence-electron chi connectivity index (χ3n) is 4.28. The van der Waals surface area contributed by atoms with Gasteiger partial charge in [0.2, 0.25) is 0 Å². The van der Waals surface area contributed by atoms with Crippen LogP contribution >= 0.6 is 11.3 Å². The molecule has 0 unspecified atom stereocenters. The van der Waals surface area contributed by atoms with Gasteiger partial charge in [-0.25, -0.2) is 4.68 Å². The Hall–Kier alpha value is -1.99. The normalized spacial score (nSPS) is 14.9. The summed E-state index contributed by atoms with van der Waals surface area (Å²) in [6.07, 6.45) is 2.37. The van der Waals surface area contributed by atoms with Crippen LogP contribution < -0.4 is 5.56 Å². The van der Waals surface area contributed by atoms with Gasteiger partial charge in [0.1, 0.15) is 5.76 Å². The third kappa shape index (κ3) is 2.70. The standard InChI is InChI=1S/C16H18N4O2S/c1-10-14-11(2)22-18-15(14)16(21)20(17-10)9-19(13-3-4-13)7-12-5-6-23-8-12/h5-6,8,13H,3-4,7,9H2,1-2H3. The van der Waals surface area contributed by atoms with Gasteiger partial charge in [0.05, 0.1) is 17.7 Å². The molecule has 1 aliphatic rings. The van der Waals surface area contributed by atoms with Crippen molar-refractivity contribution in [2.75, 3.05) is 0 Å². The Morgan fingerprint density at radius 1 is 1.43 bits per heavy atom. The lowest BCUT2D eigenvalue weighted by Gasteiger charge is -2.22. The number of hydrogen-bond donors (Lipinski definition) is 0. The molecule has 0 bridgehead atoms. The molecule has 0 amide bonds. The lowest BCUT2D eigenvalue weighted by molar-refractivity contribution is 0.184. The third-order valence-corrected chi connectivity index (χ3v) is 5.01. The molecule has 6 nitrogen and oxygen atoms in total. The van der Waals surface area contributed by atoms with Crippen LogP contribution in [0.2, 0.25) is 0 Å². The van der Waals surface area contributed by atoms with Crippen LogP contribution in [0.15, 0.2) is 26.1 Å². The number of nitrogens with zero attached hydrogens (tertiary/aromatic N) is 4. The van der Waals surface area contributed by atoms with Crippen molar-refractivity contribution in [2.45, 2.75) is 45.9 Å². The first-order valence-corrected chi connectivity index (χ1v) is 8.66. The molecule has 0 spiro atoms. The molecule has 1 saturated carbocycles. The van der Waals surface area contributed by atoms with Crippen molar-refractivity contribution < 1.29 is 4.52 Å². The molecular formula is C16H18N4O2S. The number of aromatic nitrogens is 3. The van der Waals surface area contributed by atoms with E-state index in [9.17, 15) is 4.79 Å². The zero-order chi connectivity index (χ0) is 16.0. The van der Waals surface area contributed by atoms with E-state index in [1.54, 1.807) is 18.3 Å². The lowest BCUT2D eigenvalue weighted by Crippen LogP contribution is -2.35. The summed E-state index contributed by atoms with van der Waals surface area (Å²) in [6.45, 7) is 5.03. The van der Waals surface area contributed by atoms with Gasteiger partial charge < -0.3 is 4.52 Å².